The first kappa shape index (κ1) is 25.9. The average Bonchev–Trinajstić information content (AvgIpc) is 2.99. The molecule has 4 rings (SSSR count). The third-order valence-corrected chi connectivity index (χ3v) is 11.3. The lowest BCUT2D eigenvalue weighted by Gasteiger charge is -2.69. The van der Waals surface area contributed by atoms with Crippen molar-refractivity contribution in [1.82, 2.24) is 0 Å². The van der Waals surface area contributed by atoms with Crippen molar-refractivity contribution in [1.29, 1.82) is 0 Å². The maximum absolute atomic E-state index is 12.4. The van der Waals surface area contributed by atoms with E-state index < -0.39 is 18.2 Å². The van der Waals surface area contributed by atoms with Crippen molar-refractivity contribution in [3.63, 3.8) is 0 Å². The molecule has 0 amide bonds. The molecule has 4 aliphatic carbocycles. The standard InChI is InChI=1S/C29H46O5/c1-16(2)8-7-9-18(26(33)34)24-20-14-22(31)25-27(4)12-11-21(30)17(3)19(27)10-13-28(25,5)29(20,6)15-23(24)32/h8,17,19-23,25,30-32H,7,9-15H2,1-6H3,(H,33,34)/t17-,19+,20-,21?,22?,23+,25+,27+,28+,29+/m1/s1. The van der Waals surface area contributed by atoms with Crippen LogP contribution in [0.1, 0.15) is 92.9 Å². The average molecular weight is 475 g/mol. The van der Waals surface area contributed by atoms with Crippen LogP contribution >= 0.6 is 0 Å². The monoisotopic (exact) mass is 474 g/mol. The Balaban J connectivity index is 1.76. The first-order valence-corrected chi connectivity index (χ1v) is 13.4. The number of carboxylic acid groups (broad SMARTS) is 1. The summed E-state index contributed by atoms with van der Waals surface area (Å²) in [5, 5.41) is 43.8. The normalized spacial score (nSPS) is 49.5. The molecular weight excluding hydrogens is 428 g/mol. The zero-order chi connectivity index (χ0) is 25.2. The van der Waals surface area contributed by atoms with E-state index in [2.05, 4.69) is 33.8 Å². The zero-order valence-electron chi connectivity index (χ0n) is 22.0. The van der Waals surface area contributed by atoms with Gasteiger partial charge in [0.1, 0.15) is 0 Å². The molecule has 0 radical (unpaired) electrons. The Morgan fingerprint density at radius 2 is 1.71 bits per heavy atom. The van der Waals surface area contributed by atoms with Crippen molar-refractivity contribution in [2.45, 2.75) is 111 Å². The number of carbonyl (C=O) groups is 1. The molecule has 4 fully saturated rings. The van der Waals surface area contributed by atoms with E-state index in [0.29, 0.717) is 42.7 Å². The highest BCUT2D eigenvalue weighted by Gasteiger charge is 2.70. The molecule has 5 heteroatoms. The second-order valence-corrected chi connectivity index (χ2v) is 13.1. The van der Waals surface area contributed by atoms with E-state index in [4.69, 9.17) is 0 Å². The van der Waals surface area contributed by atoms with Crippen LogP contribution in [0.25, 0.3) is 0 Å². The lowest BCUT2D eigenvalue weighted by atomic mass is 9.36. The van der Waals surface area contributed by atoms with E-state index in [1.54, 1.807) is 0 Å². The van der Waals surface area contributed by atoms with Gasteiger partial charge in [-0.2, -0.15) is 0 Å². The number of aliphatic carboxylic acids is 1. The molecule has 4 saturated carbocycles. The number of hydrogen-bond acceptors (Lipinski definition) is 4. The van der Waals surface area contributed by atoms with Crippen molar-refractivity contribution >= 4 is 5.97 Å². The minimum Gasteiger partial charge on any atom is -0.478 e. The van der Waals surface area contributed by atoms with Crippen LogP contribution in [0.5, 0.6) is 0 Å². The molecule has 0 aliphatic heterocycles. The molecule has 0 spiro atoms. The van der Waals surface area contributed by atoms with Gasteiger partial charge < -0.3 is 20.4 Å². The van der Waals surface area contributed by atoms with E-state index in [1.165, 1.54) is 0 Å². The largest absolute Gasteiger partial charge is 0.478 e. The van der Waals surface area contributed by atoms with Gasteiger partial charge in [0.2, 0.25) is 0 Å². The van der Waals surface area contributed by atoms with E-state index in [0.717, 1.165) is 31.3 Å². The Morgan fingerprint density at radius 1 is 1.03 bits per heavy atom. The summed E-state index contributed by atoms with van der Waals surface area (Å²) in [6.45, 7) is 13.1. The molecule has 0 heterocycles. The van der Waals surface area contributed by atoms with Crippen LogP contribution in [0.4, 0.5) is 0 Å². The molecule has 0 aromatic heterocycles. The lowest BCUT2D eigenvalue weighted by molar-refractivity contribution is -0.233. The van der Waals surface area contributed by atoms with Crippen LogP contribution in [0.2, 0.25) is 0 Å². The summed E-state index contributed by atoms with van der Waals surface area (Å²) in [4.78, 5) is 12.4. The molecule has 192 valence electrons. The fourth-order valence-corrected chi connectivity index (χ4v) is 9.51. The van der Waals surface area contributed by atoms with Crippen molar-refractivity contribution < 1.29 is 25.2 Å². The quantitative estimate of drug-likeness (QED) is 0.336. The highest BCUT2D eigenvalue weighted by atomic mass is 16.4. The summed E-state index contributed by atoms with van der Waals surface area (Å²) in [5.41, 5.74) is 1.66. The summed E-state index contributed by atoms with van der Waals surface area (Å²) in [5.74, 6) is -0.375. The first-order valence-electron chi connectivity index (χ1n) is 13.4. The lowest BCUT2D eigenvalue weighted by Crippen LogP contribution is -2.65. The minimum atomic E-state index is -0.937. The van der Waals surface area contributed by atoms with Crippen LogP contribution in [0.3, 0.4) is 0 Å². The molecule has 0 aromatic rings. The van der Waals surface area contributed by atoms with Gasteiger partial charge in [-0.15, -0.1) is 0 Å². The van der Waals surface area contributed by atoms with Gasteiger partial charge in [0, 0.05) is 5.57 Å². The second-order valence-electron chi connectivity index (χ2n) is 13.1. The molecule has 0 bridgehead atoms. The molecule has 5 nitrogen and oxygen atoms in total. The van der Waals surface area contributed by atoms with Crippen LogP contribution in [-0.4, -0.2) is 44.7 Å². The van der Waals surface area contributed by atoms with Gasteiger partial charge in [0.05, 0.1) is 18.3 Å². The van der Waals surface area contributed by atoms with Gasteiger partial charge in [0.15, 0.2) is 0 Å². The van der Waals surface area contributed by atoms with Crippen molar-refractivity contribution in [3.05, 3.63) is 22.8 Å². The third-order valence-electron chi connectivity index (χ3n) is 11.3. The molecule has 4 N–H and O–H groups in total. The van der Waals surface area contributed by atoms with E-state index in [-0.39, 0.29) is 40.1 Å². The number of aliphatic hydroxyl groups excluding tert-OH is 3. The number of fused-ring (bicyclic) bond motifs is 5. The SMILES string of the molecule is CC(C)=CCCC(C(=O)O)=C1[C@H]2CC(O)[C@H]3[C@@]4(C)CCC(O)[C@H](C)[C@@H]4CC[C@]3(C)[C@@]2(C)C[C@@H]1O. The predicted molar refractivity (Wildman–Crippen MR) is 133 cm³/mol. The van der Waals surface area contributed by atoms with Crippen LogP contribution in [-0.2, 0) is 4.79 Å². The second kappa shape index (κ2) is 8.74. The summed E-state index contributed by atoms with van der Waals surface area (Å²) in [7, 11) is 0. The van der Waals surface area contributed by atoms with Crippen LogP contribution in [0.15, 0.2) is 22.8 Å². The van der Waals surface area contributed by atoms with Crippen molar-refractivity contribution in [3.8, 4) is 0 Å². The zero-order valence-corrected chi connectivity index (χ0v) is 22.0. The fraction of sp³-hybridized carbons (Fsp3) is 0.828. The van der Waals surface area contributed by atoms with Crippen molar-refractivity contribution in [2.75, 3.05) is 0 Å². The fourth-order valence-electron chi connectivity index (χ4n) is 9.51. The molecule has 10 atom stereocenters. The molecule has 34 heavy (non-hydrogen) atoms. The van der Waals surface area contributed by atoms with Gasteiger partial charge >= 0.3 is 5.97 Å². The highest BCUT2D eigenvalue weighted by molar-refractivity contribution is 5.88. The summed E-state index contributed by atoms with van der Waals surface area (Å²) in [6.07, 6.45) is 6.25. The maximum atomic E-state index is 12.4. The number of allylic oxidation sites excluding steroid dienone is 2. The van der Waals surface area contributed by atoms with Gasteiger partial charge in [-0.05, 0) is 111 Å². The number of hydrogen-bond donors (Lipinski definition) is 4. The van der Waals surface area contributed by atoms with Crippen LogP contribution in [0, 0.1) is 39.9 Å². The summed E-state index contributed by atoms with van der Waals surface area (Å²) >= 11 is 0. The molecule has 2 unspecified atom stereocenters. The minimum absolute atomic E-state index is 0.0600. The smallest absolute Gasteiger partial charge is 0.331 e. The van der Waals surface area contributed by atoms with E-state index >= 15 is 0 Å². The Labute approximate surface area is 205 Å². The molecular formula is C29H46O5. The maximum Gasteiger partial charge on any atom is 0.331 e. The van der Waals surface area contributed by atoms with Crippen molar-refractivity contribution in [2.24, 2.45) is 39.9 Å². The number of aliphatic hydroxyl groups is 3. The predicted octanol–water partition coefficient (Wildman–Crippen LogP) is 5.10. The van der Waals surface area contributed by atoms with Gasteiger partial charge in [-0.1, -0.05) is 39.3 Å². The van der Waals surface area contributed by atoms with Gasteiger partial charge in [0.25, 0.3) is 0 Å². The Hall–Kier alpha value is -1.17. The first-order chi connectivity index (χ1) is 15.8. The van der Waals surface area contributed by atoms with E-state index in [9.17, 15) is 25.2 Å². The van der Waals surface area contributed by atoms with Crippen LogP contribution < -0.4 is 0 Å². The summed E-state index contributed by atoms with van der Waals surface area (Å²) in [6, 6.07) is 0. The Kier molecular flexibility index (Phi) is 6.66. The van der Waals surface area contributed by atoms with E-state index in [1.807, 2.05) is 13.8 Å². The van der Waals surface area contributed by atoms with Gasteiger partial charge in [-0.3, -0.25) is 0 Å². The Bertz CT molecular complexity index is 887. The topological polar surface area (TPSA) is 98.0 Å². The molecule has 4 aliphatic rings. The highest BCUT2D eigenvalue weighted by Crippen LogP contribution is 2.74. The Morgan fingerprint density at radius 3 is 2.32 bits per heavy atom. The number of rotatable bonds is 4. The third kappa shape index (κ3) is 3.64. The number of carboxylic acids is 1. The summed E-state index contributed by atoms with van der Waals surface area (Å²) < 4.78 is 0. The molecule has 0 aromatic carbocycles. The van der Waals surface area contributed by atoms with Gasteiger partial charge in [-0.25, -0.2) is 4.79 Å². The molecule has 0 saturated heterocycles.